The van der Waals surface area contributed by atoms with Crippen LogP contribution in [0.4, 0.5) is 5.69 Å². The molecule has 1 rings (SSSR count). The lowest BCUT2D eigenvalue weighted by Crippen LogP contribution is -2.38. The Labute approximate surface area is 248 Å². The van der Waals surface area contributed by atoms with Gasteiger partial charge in [-0.05, 0) is 67.8 Å². The maximum absolute atomic E-state index is 13.2. The predicted molar refractivity (Wildman–Crippen MR) is 152 cm³/mol. The van der Waals surface area contributed by atoms with Crippen molar-refractivity contribution in [2.45, 2.75) is 33.8 Å². The van der Waals surface area contributed by atoms with Crippen LogP contribution >= 0.6 is 67.8 Å². The van der Waals surface area contributed by atoms with Crippen LogP contribution in [-0.2, 0) is 33.4 Å². The molecule has 12 nitrogen and oxygen atoms in total. The van der Waals surface area contributed by atoms with Crippen LogP contribution < -0.4 is 16.0 Å². The second-order valence-corrected chi connectivity index (χ2v) is 10.3. The topological polar surface area (TPSA) is 166 Å². The molecule has 0 radical (unpaired) electrons. The Morgan fingerprint density at radius 1 is 0.750 bits per heavy atom. The van der Waals surface area contributed by atoms with Crippen molar-refractivity contribution < 1.29 is 43.0 Å². The molecule has 198 valence electrons. The van der Waals surface area contributed by atoms with Crippen LogP contribution in [0.3, 0.4) is 0 Å². The molecule has 1 atom stereocenters. The van der Waals surface area contributed by atoms with Crippen molar-refractivity contribution in [2.24, 2.45) is 0 Å². The number of nitrogens with one attached hydrogen (secondary N) is 3. The van der Waals surface area contributed by atoms with Gasteiger partial charge < -0.3 is 30.2 Å². The Kier molecular flexibility index (Phi) is 13.9. The van der Waals surface area contributed by atoms with Crippen LogP contribution in [0.2, 0.25) is 0 Å². The van der Waals surface area contributed by atoms with Crippen LogP contribution in [-0.4, -0.2) is 68.0 Å². The van der Waals surface area contributed by atoms with Crippen molar-refractivity contribution in [3.05, 3.63) is 21.8 Å². The largest absolute Gasteiger partial charge is 0.464 e. The standard InChI is InChI=1S/C21H24I3N3O9/c1-9(28)27-19-17(23)14(20(32)25-5-6-34-10(2)29)16(22)15(18(19)24)21(33)26-7-13(36-12(4)31)8-35-11(3)30/h13H,5-8H2,1-4H3,(H,25,32)(H,26,33)(H,27,28). The molecule has 0 saturated carbocycles. The number of halogens is 3. The Bertz CT molecular complexity index is 1060. The Balaban J connectivity index is 3.32. The SMILES string of the molecule is CC(=O)Nc1c(I)c(C(=O)NCCOC(C)=O)c(I)c(C(=O)NCC(COC(C)=O)OC(C)=O)c1I. The van der Waals surface area contributed by atoms with Crippen LogP contribution in [0.5, 0.6) is 0 Å². The quantitative estimate of drug-likeness (QED) is 0.131. The molecule has 36 heavy (non-hydrogen) atoms. The lowest BCUT2D eigenvalue weighted by atomic mass is 10.1. The molecule has 0 aliphatic carbocycles. The normalized spacial score (nSPS) is 11.1. The van der Waals surface area contributed by atoms with Crippen LogP contribution in [0.1, 0.15) is 48.4 Å². The number of carbonyl (C=O) groups excluding carboxylic acids is 6. The molecule has 0 saturated heterocycles. The van der Waals surface area contributed by atoms with E-state index in [1.54, 1.807) is 0 Å². The van der Waals surface area contributed by atoms with E-state index < -0.39 is 41.7 Å². The zero-order valence-electron chi connectivity index (χ0n) is 19.7. The van der Waals surface area contributed by atoms with E-state index in [9.17, 15) is 28.8 Å². The minimum absolute atomic E-state index is 0.0355. The van der Waals surface area contributed by atoms with E-state index in [4.69, 9.17) is 14.2 Å². The van der Waals surface area contributed by atoms with E-state index in [1.807, 2.05) is 67.8 Å². The van der Waals surface area contributed by atoms with E-state index in [2.05, 4.69) is 16.0 Å². The average molecular weight is 843 g/mol. The van der Waals surface area contributed by atoms with Gasteiger partial charge in [-0.1, -0.05) is 0 Å². The molecule has 0 spiro atoms. The summed E-state index contributed by atoms with van der Waals surface area (Å²) in [5.74, 6) is -3.25. The highest BCUT2D eigenvalue weighted by atomic mass is 127. The molecule has 0 heterocycles. The van der Waals surface area contributed by atoms with Crippen molar-refractivity contribution in [1.82, 2.24) is 10.6 Å². The van der Waals surface area contributed by atoms with Crippen LogP contribution in [0.15, 0.2) is 0 Å². The van der Waals surface area contributed by atoms with E-state index in [1.165, 1.54) is 27.7 Å². The maximum Gasteiger partial charge on any atom is 0.303 e. The van der Waals surface area contributed by atoms with Crippen molar-refractivity contribution in [3.63, 3.8) is 0 Å². The third kappa shape index (κ3) is 10.3. The Hall–Kier alpha value is -1.77. The molecular weight excluding hydrogens is 819 g/mol. The molecule has 1 aromatic rings. The summed E-state index contributed by atoms with van der Waals surface area (Å²) in [5, 5.41) is 7.89. The number of amides is 3. The number of rotatable bonds is 11. The highest BCUT2D eigenvalue weighted by molar-refractivity contribution is 14.1. The molecule has 0 aromatic heterocycles. The minimum Gasteiger partial charge on any atom is -0.464 e. The van der Waals surface area contributed by atoms with Gasteiger partial charge in [-0.3, -0.25) is 28.8 Å². The first kappa shape index (κ1) is 32.3. The van der Waals surface area contributed by atoms with Gasteiger partial charge in [0.25, 0.3) is 11.8 Å². The molecule has 0 aliphatic heterocycles. The van der Waals surface area contributed by atoms with E-state index in [0.717, 1.165) is 0 Å². The highest BCUT2D eigenvalue weighted by Crippen LogP contribution is 2.35. The van der Waals surface area contributed by atoms with Crippen molar-refractivity contribution >= 4 is 109 Å². The summed E-state index contributed by atoms with van der Waals surface area (Å²) in [5.41, 5.74) is 0.528. The molecule has 3 N–H and O–H groups in total. The zero-order chi connectivity index (χ0) is 27.6. The second kappa shape index (κ2) is 15.5. The number of anilines is 1. The van der Waals surface area contributed by atoms with Crippen LogP contribution in [0, 0.1) is 10.7 Å². The van der Waals surface area contributed by atoms with Crippen molar-refractivity contribution in [3.8, 4) is 0 Å². The lowest BCUT2D eigenvalue weighted by Gasteiger charge is -2.21. The molecule has 0 bridgehead atoms. The molecule has 1 unspecified atom stereocenters. The summed E-state index contributed by atoms with van der Waals surface area (Å²) in [6.07, 6.45) is -0.937. The fourth-order valence-electron chi connectivity index (χ4n) is 2.67. The van der Waals surface area contributed by atoms with Crippen LogP contribution in [0.25, 0.3) is 0 Å². The number of carbonyl (C=O) groups is 6. The lowest BCUT2D eigenvalue weighted by molar-refractivity contribution is -0.155. The predicted octanol–water partition coefficient (Wildman–Crippen LogP) is 1.98. The van der Waals surface area contributed by atoms with Gasteiger partial charge >= 0.3 is 17.9 Å². The molecule has 1 aromatic carbocycles. The first-order valence-electron chi connectivity index (χ1n) is 10.2. The molecule has 15 heteroatoms. The fourth-order valence-corrected chi connectivity index (χ4v) is 7.09. The summed E-state index contributed by atoms with van der Waals surface area (Å²) in [6, 6.07) is 0. The van der Waals surface area contributed by atoms with E-state index in [-0.39, 0.29) is 43.1 Å². The monoisotopic (exact) mass is 843 g/mol. The van der Waals surface area contributed by atoms with Gasteiger partial charge in [0, 0.05) is 31.3 Å². The first-order valence-corrected chi connectivity index (χ1v) is 13.5. The molecule has 0 aliphatic rings. The van der Waals surface area contributed by atoms with Gasteiger partial charge in [-0.2, -0.15) is 0 Å². The van der Waals surface area contributed by atoms with Gasteiger partial charge in [0.05, 0.1) is 37.0 Å². The Morgan fingerprint density at radius 2 is 1.28 bits per heavy atom. The van der Waals surface area contributed by atoms with E-state index >= 15 is 0 Å². The second-order valence-electron chi connectivity index (χ2n) is 7.09. The smallest absolute Gasteiger partial charge is 0.303 e. The summed E-state index contributed by atoms with van der Waals surface area (Å²) < 4.78 is 15.9. The van der Waals surface area contributed by atoms with Gasteiger partial charge in [0.1, 0.15) is 13.2 Å². The van der Waals surface area contributed by atoms with E-state index in [0.29, 0.717) is 10.7 Å². The van der Waals surface area contributed by atoms with Gasteiger partial charge in [-0.25, -0.2) is 0 Å². The summed E-state index contributed by atoms with van der Waals surface area (Å²) in [4.78, 5) is 71.4. The number of ether oxygens (including phenoxy) is 3. The van der Waals surface area contributed by atoms with Gasteiger partial charge in [0.15, 0.2) is 6.10 Å². The Morgan fingerprint density at radius 3 is 1.75 bits per heavy atom. The van der Waals surface area contributed by atoms with Gasteiger partial charge in [0.2, 0.25) is 5.91 Å². The van der Waals surface area contributed by atoms with Crippen molar-refractivity contribution in [1.29, 1.82) is 0 Å². The first-order chi connectivity index (χ1) is 16.8. The fraction of sp³-hybridized carbons (Fsp3) is 0.429. The number of hydrogen-bond acceptors (Lipinski definition) is 9. The summed E-state index contributed by atoms with van der Waals surface area (Å²) in [6.45, 7) is 4.48. The molecular formula is C21H24I3N3O9. The molecule has 0 fully saturated rings. The minimum atomic E-state index is -0.937. The molecule has 3 amide bonds. The zero-order valence-corrected chi connectivity index (χ0v) is 26.2. The van der Waals surface area contributed by atoms with Gasteiger partial charge in [-0.15, -0.1) is 0 Å². The number of hydrogen-bond donors (Lipinski definition) is 3. The number of esters is 3. The average Bonchev–Trinajstić information content (AvgIpc) is 2.75. The van der Waals surface area contributed by atoms with Crippen molar-refractivity contribution in [2.75, 3.05) is 31.6 Å². The number of benzene rings is 1. The third-order valence-corrected chi connectivity index (χ3v) is 7.30. The summed E-state index contributed by atoms with van der Waals surface area (Å²) >= 11 is 5.67. The third-order valence-electron chi connectivity index (χ3n) is 4.06. The summed E-state index contributed by atoms with van der Waals surface area (Å²) in [7, 11) is 0. The maximum atomic E-state index is 13.2. The highest BCUT2D eigenvalue weighted by Gasteiger charge is 2.29.